The van der Waals surface area contributed by atoms with Gasteiger partial charge in [0.25, 0.3) is 5.91 Å². The van der Waals surface area contributed by atoms with E-state index in [2.05, 4.69) is 26.2 Å². The van der Waals surface area contributed by atoms with Gasteiger partial charge in [-0.2, -0.15) is 0 Å². The van der Waals surface area contributed by atoms with E-state index in [0.29, 0.717) is 12.1 Å². The van der Waals surface area contributed by atoms with Crippen LogP contribution >= 0.6 is 15.9 Å². The molecule has 0 aliphatic carbocycles. The van der Waals surface area contributed by atoms with E-state index in [0.717, 1.165) is 22.0 Å². The molecule has 1 amide bonds. The van der Waals surface area contributed by atoms with E-state index in [1.165, 1.54) is 0 Å². The normalized spacial score (nSPS) is 10.2. The van der Waals surface area contributed by atoms with Crippen LogP contribution in [0.25, 0.3) is 0 Å². The summed E-state index contributed by atoms with van der Waals surface area (Å²) in [6.45, 7) is 2.51. The molecule has 1 aromatic heterocycles. The number of nitrogens with zero attached hydrogens (tertiary/aromatic N) is 1. The fourth-order valence-corrected chi connectivity index (χ4v) is 2.10. The van der Waals surface area contributed by atoms with Crippen LogP contribution in [0.3, 0.4) is 0 Å². The summed E-state index contributed by atoms with van der Waals surface area (Å²) in [5, 5.41) is 3.71. The van der Waals surface area contributed by atoms with E-state index in [9.17, 15) is 4.79 Å². The van der Waals surface area contributed by atoms with Crippen LogP contribution in [-0.2, 0) is 11.9 Å². The second-order valence-electron chi connectivity index (χ2n) is 4.32. The number of pyridine rings is 1. The number of benzene rings is 1. The zero-order chi connectivity index (χ0) is 13.7. The predicted octanol–water partition coefficient (Wildman–Crippen LogP) is 3.21. The molecule has 1 heterocycles. The molecule has 2 rings (SSSR count). The molecule has 3 nitrogen and oxygen atoms in total. The Morgan fingerprint density at radius 3 is 2.63 bits per heavy atom. The fraction of sp³-hybridized carbons (Fsp3) is 0.200. The second kappa shape index (κ2) is 6.48. The van der Waals surface area contributed by atoms with E-state index in [-0.39, 0.29) is 5.91 Å². The number of nitrogens with one attached hydrogen (secondary N) is 1. The van der Waals surface area contributed by atoms with E-state index in [4.69, 9.17) is 0 Å². The molecule has 0 atom stereocenters. The zero-order valence-corrected chi connectivity index (χ0v) is 12.3. The smallest absolute Gasteiger partial charge is 0.251 e. The van der Waals surface area contributed by atoms with Crippen molar-refractivity contribution < 1.29 is 4.79 Å². The van der Waals surface area contributed by atoms with Gasteiger partial charge in [0.15, 0.2) is 0 Å². The maximum Gasteiger partial charge on any atom is 0.251 e. The Labute approximate surface area is 121 Å². The first-order valence-corrected chi connectivity index (χ1v) is 7.15. The lowest BCUT2D eigenvalue weighted by molar-refractivity contribution is 0.0951. The number of hydrogen-bond donors (Lipinski definition) is 1. The summed E-state index contributed by atoms with van der Waals surface area (Å²) < 4.78 is 0. The van der Waals surface area contributed by atoms with Crippen molar-refractivity contribution in [2.24, 2.45) is 0 Å². The van der Waals surface area contributed by atoms with Gasteiger partial charge in [0, 0.05) is 29.8 Å². The van der Waals surface area contributed by atoms with Gasteiger partial charge in [0.05, 0.1) is 0 Å². The highest BCUT2D eigenvalue weighted by Crippen LogP contribution is 2.09. The molecule has 0 fully saturated rings. The zero-order valence-electron chi connectivity index (χ0n) is 10.7. The summed E-state index contributed by atoms with van der Waals surface area (Å²) in [4.78, 5) is 16.0. The third kappa shape index (κ3) is 3.64. The number of carbonyl (C=O) groups excluding carboxylic acids is 1. The topological polar surface area (TPSA) is 42.0 Å². The summed E-state index contributed by atoms with van der Waals surface area (Å²) in [5.41, 5.74) is 4.00. The van der Waals surface area contributed by atoms with Gasteiger partial charge < -0.3 is 5.32 Å². The average molecular weight is 319 g/mol. The fourth-order valence-electron chi connectivity index (χ4n) is 1.72. The summed E-state index contributed by atoms with van der Waals surface area (Å²) >= 11 is 3.38. The van der Waals surface area contributed by atoms with Crippen LogP contribution in [0.1, 0.15) is 27.0 Å². The molecule has 1 N–H and O–H groups in total. The average Bonchev–Trinajstić information content (AvgIpc) is 2.46. The van der Waals surface area contributed by atoms with Crippen molar-refractivity contribution in [3.63, 3.8) is 0 Å². The molecule has 2 aromatic rings. The lowest BCUT2D eigenvalue weighted by atomic mass is 10.1. The number of aromatic nitrogens is 1. The Hall–Kier alpha value is -1.68. The lowest BCUT2D eigenvalue weighted by Gasteiger charge is -2.07. The molecule has 0 saturated carbocycles. The number of carbonyl (C=O) groups is 1. The van der Waals surface area contributed by atoms with Gasteiger partial charge in [-0.3, -0.25) is 9.78 Å². The van der Waals surface area contributed by atoms with Crippen LogP contribution in [-0.4, -0.2) is 10.9 Å². The molecule has 0 aliphatic heterocycles. The Balaban J connectivity index is 1.99. The highest BCUT2D eigenvalue weighted by atomic mass is 79.9. The van der Waals surface area contributed by atoms with Crippen LogP contribution in [0.5, 0.6) is 0 Å². The number of alkyl halides is 1. The Morgan fingerprint density at radius 2 is 2.00 bits per heavy atom. The maximum absolute atomic E-state index is 12.0. The van der Waals surface area contributed by atoms with Gasteiger partial charge in [0.1, 0.15) is 0 Å². The second-order valence-corrected chi connectivity index (χ2v) is 4.88. The Bertz CT molecular complexity index is 567. The third-order valence-corrected chi connectivity index (χ3v) is 3.59. The molecular formula is C15H15BrN2O. The molecule has 19 heavy (non-hydrogen) atoms. The quantitative estimate of drug-likeness (QED) is 0.879. The van der Waals surface area contributed by atoms with E-state index in [1.54, 1.807) is 12.4 Å². The van der Waals surface area contributed by atoms with Crippen LogP contribution < -0.4 is 5.32 Å². The number of rotatable bonds is 4. The first kappa shape index (κ1) is 13.7. The predicted molar refractivity (Wildman–Crippen MR) is 79.2 cm³/mol. The number of halogens is 1. The van der Waals surface area contributed by atoms with E-state index >= 15 is 0 Å². The van der Waals surface area contributed by atoms with E-state index in [1.807, 2.05) is 37.3 Å². The molecule has 0 spiro atoms. The van der Waals surface area contributed by atoms with Crippen molar-refractivity contribution in [3.05, 3.63) is 65.0 Å². The Morgan fingerprint density at radius 1 is 1.26 bits per heavy atom. The minimum absolute atomic E-state index is 0.0580. The van der Waals surface area contributed by atoms with Crippen molar-refractivity contribution in [1.82, 2.24) is 10.3 Å². The molecule has 98 valence electrons. The minimum atomic E-state index is -0.0580. The monoisotopic (exact) mass is 318 g/mol. The highest BCUT2D eigenvalue weighted by molar-refractivity contribution is 9.08. The summed E-state index contributed by atoms with van der Waals surface area (Å²) in [6, 6.07) is 9.49. The number of aryl methyl sites for hydroxylation is 1. The number of hydrogen-bond acceptors (Lipinski definition) is 2. The lowest BCUT2D eigenvalue weighted by Crippen LogP contribution is -2.23. The Kier molecular flexibility index (Phi) is 4.68. The third-order valence-electron chi connectivity index (χ3n) is 2.95. The molecular weight excluding hydrogens is 304 g/mol. The highest BCUT2D eigenvalue weighted by Gasteiger charge is 2.05. The summed E-state index contributed by atoms with van der Waals surface area (Å²) in [5.74, 6) is -0.0580. The summed E-state index contributed by atoms with van der Waals surface area (Å²) in [7, 11) is 0. The molecule has 0 bridgehead atoms. The minimum Gasteiger partial charge on any atom is -0.348 e. The molecule has 0 aliphatic rings. The van der Waals surface area contributed by atoms with Crippen LogP contribution in [0.2, 0.25) is 0 Å². The maximum atomic E-state index is 12.0. The standard InChI is InChI=1S/C15H15BrN2O/c1-11-9-17-7-6-14(11)10-18-15(19)13-4-2-12(8-16)3-5-13/h2-7,9H,8,10H2,1H3,(H,18,19). The molecule has 1 aromatic carbocycles. The van der Waals surface area contributed by atoms with Crippen molar-refractivity contribution in [2.45, 2.75) is 18.8 Å². The van der Waals surface area contributed by atoms with Crippen LogP contribution in [0, 0.1) is 6.92 Å². The largest absolute Gasteiger partial charge is 0.348 e. The molecule has 0 saturated heterocycles. The van der Waals surface area contributed by atoms with Gasteiger partial charge in [-0.15, -0.1) is 0 Å². The van der Waals surface area contributed by atoms with Crippen molar-refractivity contribution in [1.29, 1.82) is 0 Å². The molecule has 0 radical (unpaired) electrons. The van der Waals surface area contributed by atoms with Crippen molar-refractivity contribution in [2.75, 3.05) is 0 Å². The van der Waals surface area contributed by atoms with Gasteiger partial charge in [0.2, 0.25) is 0 Å². The first-order valence-electron chi connectivity index (χ1n) is 6.03. The van der Waals surface area contributed by atoms with Crippen LogP contribution in [0.4, 0.5) is 0 Å². The number of amides is 1. The van der Waals surface area contributed by atoms with Crippen LogP contribution in [0.15, 0.2) is 42.7 Å². The van der Waals surface area contributed by atoms with Gasteiger partial charge >= 0.3 is 0 Å². The van der Waals surface area contributed by atoms with E-state index < -0.39 is 0 Å². The van der Waals surface area contributed by atoms with Gasteiger partial charge in [-0.05, 0) is 41.8 Å². The summed E-state index contributed by atoms with van der Waals surface area (Å²) in [6.07, 6.45) is 3.53. The first-order chi connectivity index (χ1) is 9.20. The van der Waals surface area contributed by atoms with Crippen molar-refractivity contribution >= 4 is 21.8 Å². The SMILES string of the molecule is Cc1cnccc1CNC(=O)c1ccc(CBr)cc1. The van der Waals surface area contributed by atoms with Crippen molar-refractivity contribution in [3.8, 4) is 0 Å². The molecule has 0 unspecified atom stereocenters. The van der Waals surface area contributed by atoms with Gasteiger partial charge in [-0.25, -0.2) is 0 Å². The van der Waals surface area contributed by atoms with Gasteiger partial charge in [-0.1, -0.05) is 28.1 Å². The molecule has 4 heteroatoms.